The summed E-state index contributed by atoms with van der Waals surface area (Å²) in [6, 6.07) is 15.9. The molecule has 152 valence electrons. The number of benzene rings is 2. The second-order valence-electron chi connectivity index (χ2n) is 7.29. The van der Waals surface area contributed by atoms with Crippen molar-refractivity contribution in [3.05, 3.63) is 81.6 Å². The average molecular weight is 418 g/mol. The van der Waals surface area contributed by atoms with E-state index in [9.17, 15) is 9.59 Å². The van der Waals surface area contributed by atoms with E-state index in [4.69, 9.17) is 0 Å². The average Bonchev–Trinajstić information content (AvgIpc) is 3.29. The molecule has 1 amide bonds. The quantitative estimate of drug-likeness (QED) is 0.404. The van der Waals surface area contributed by atoms with Gasteiger partial charge in [0.15, 0.2) is 5.78 Å². The van der Waals surface area contributed by atoms with Gasteiger partial charge in [-0.05, 0) is 55.7 Å². The summed E-state index contributed by atoms with van der Waals surface area (Å²) < 4.78 is 1.19. The summed E-state index contributed by atoms with van der Waals surface area (Å²) in [6.07, 6.45) is 1.37. The van der Waals surface area contributed by atoms with E-state index in [0.717, 1.165) is 33.8 Å². The number of aromatic nitrogens is 2. The number of para-hydroxylation sites is 1. The van der Waals surface area contributed by atoms with Gasteiger partial charge in [-0.1, -0.05) is 31.2 Å². The number of H-pyrrole nitrogens is 1. The predicted molar refractivity (Wildman–Crippen MR) is 122 cm³/mol. The molecule has 0 saturated carbocycles. The van der Waals surface area contributed by atoms with Gasteiger partial charge in [-0.15, -0.1) is 11.3 Å². The number of amides is 1. The SMILES string of the molecule is CCc1c(C(=O)Nc2ccc(Cc3nc4ccccc4s3)cc2)[nH]c(C)c1C(C)=O. The van der Waals surface area contributed by atoms with E-state index in [0.29, 0.717) is 23.4 Å². The zero-order valence-electron chi connectivity index (χ0n) is 17.2. The zero-order valence-corrected chi connectivity index (χ0v) is 18.0. The summed E-state index contributed by atoms with van der Waals surface area (Å²) in [5.74, 6) is -0.264. The molecule has 4 rings (SSSR count). The van der Waals surface area contributed by atoms with E-state index in [1.807, 2.05) is 56.3 Å². The lowest BCUT2D eigenvalue weighted by molar-refractivity contribution is 0.101. The highest BCUT2D eigenvalue weighted by molar-refractivity contribution is 7.18. The minimum Gasteiger partial charge on any atom is -0.354 e. The second-order valence-corrected chi connectivity index (χ2v) is 8.41. The Balaban J connectivity index is 1.49. The molecule has 6 heteroatoms. The molecule has 4 aromatic rings. The first-order valence-electron chi connectivity index (χ1n) is 9.93. The Morgan fingerprint density at radius 3 is 2.50 bits per heavy atom. The first-order valence-corrected chi connectivity index (χ1v) is 10.7. The number of aromatic amines is 1. The fraction of sp³-hybridized carbons (Fsp3) is 0.208. The minimum atomic E-state index is -0.235. The van der Waals surface area contributed by atoms with E-state index in [-0.39, 0.29) is 11.7 Å². The first kappa shape index (κ1) is 20.0. The third-order valence-electron chi connectivity index (χ3n) is 5.13. The number of nitrogens with zero attached hydrogens (tertiary/aromatic N) is 1. The fourth-order valence-electron chi connectivity index (χ4n) is 3.77. The fourth-order valence-corrected chi connectivity index (χ4v) is 4.77. The van der Waals surface area contributed by atoms with Crippen LogP contribution in [0.2, 0.25) is 0 Å². The normalized spacial score (nSPS) is 11.0. The molecule has 0 unspecified atom stereocenters. The molecule has 2 N–H and O–H groups in total. The molecule has 0 spiro atoms. The number of Topliss-reactive ketones (excluding diaryl/α,β-unsaturated/α-hetero) is 1. The Kier molecular flexibility index (Phi) is 5.50. The number of rotatable bonds is 6. The number of anilines is 1. The Bertz CT molecular complexity index is 1200. The number of carbonyl (C=O) groups is 2. The summed E-state index contributed by atoms with van der Waals surface area (Å²) in [7, 11) is 0. The van der Waals surface area contributed by atoms with Crippen molar-refractivity contribution in [3.8, 4) is 0 Å². The van der Waals surface area contributed by atoms with Gasteiger partial charge in [0.05, 0.1) is 15.2 Å². The molecule has 0 aliphatic carbocycles. The van der Waals surface area contributed by atoms with Crippen LogP contribution in [0.3, 0.4) is 0 Å². The third kappa shape index (κ3) is 3.91. The van der Waals surface area contributed by atoms with Crippen LogP contribution in [0, 0.1) is 6.92 Å². The van der Waals surface area contributed by atoms with E-state index < -0.39 is 0 Å². The number of hydrogen-bond donors (Lipinski definition) is 2. The lowest BCUT2D eigenvalue weighted by Gasteiger charge is -2.07. The summed E-state index contributed by atoms with van der Waals surface area (Å²) in [5.41, 5.74) is 5.45. The molecule has 2 aromatic carbocycles. The van der Waals surface area contributed by atoms with Crippen molar-refractivity contribution in [1.82, 2.24) is 9.97 Å². The van der Waals surface area contributed by atoms with E-state index >= 15 is 0 Å². The number of ketones is 1. The van der Waals surface area contributed by atoms with Gasteiger partial charge in [0.25, 0.3) is 5.91 Å². The number of aryl methyl sites for hydroxylation is 1. The van der Waals surface area contributed by atoms with Crippen LogP contribution < -0.4 is 5.32 Å². The number of fused-ring (bicyclic) bond motifs is 1. The third-order valence-corrected chi connectivity index (χ3v) is 6.17. The van der Waals surface area contributed by atoms with Gasteiger partial charge in [0.1, 0.15) is 5.69 Å². The van der Waals surface area contributed by atoms with Crippen LogP contribution in [0.15, 0.2) is 48.5 Å². The van der Waals surface area contributed by atoms with Gasteiger partial charge in [-0.25, -0.2) is 4.98 Å². The molecule has 0 atom stereocenters. The smallest absolute Gasteiger partial charge is 0.272 e. The second kappa shape index (κ2) is 8.24. The van der Waals surface area contributed by atoms with Crippen LogP contribution in [0.5, 0.6) is 0 Å². The van der Waals surface area contributed by atoms with Crippen LogP contribution in [0.4, 0.5) is 5.69 Å². The number of carbonyl (C=O) groups excluding carboxylic acids is 2. The molecule has 5 nitrogen and oxygen atoms in total. The van der Waals surface area contributed by atoms with Gasteiger partial charge in [0, 0.05) is 23.4 Å². The highest BCUT2D eigenvalue weighted by atomic mass is 32.1. The molecule has 0 fully saturated rings. The van der Waals surface area contributed by atoms with Crippen molar-refractivity contribution in [1.29, 1.82) is 0 Å². The molecule has 2 aromatic heterocycles. The Morgan fingerprint density at radius 2 is 1.83 bits per heavy atom. The summed E-state index contributed by atoms with van der Waals surface area (Å²) in [6.45, 7) is 5.30. The van der Waals surface area contributed by atoms with E-state index in [1.165, 1.54) is 11.6 Å². The van der Waals surface area contributed by atoms with Gasteiger partial charge in [-0.2, -0.15) is 0 Å². The topological polar surface area (TPSA) is 74.8 Å². The molecular formula is C24H23N3O2S. The highest BCUT2D eigenvalue weighted by Gasteiger charge is 2.21. The van der Waals surface area contributed by atoms with Gasteiger partial charge < -0.3 is 10.3 Å². The maximum atomic E-state index is 12.8. The summed E-state index contributed by atoms with van der Waals surface area (Å²) in [5, 5.41) is 4.00. The molecule has 0 saturated heterocycles. The van der Waals surface area contributed by atoms with Crippen LogP contribution in [-0.2, 0) is 12.8 Å². The maximum Gasteiger partial charge on any atom is 0.272 e. The van der Waals surface area contributed by atoms with Crippen LogP contribution in [0.25, 0.3) is 10.2 Å². The Labute approximate surface area is 179 Å². The largest absolute Gasteiger partial charge is 0.354 e. The van der Waals surface area contributed by atoms with Crippen molar-refractivity contribution in [2.24, 2.45) is 0 Å². The number of thiazole rings is 1. The Morgan fingerprint density at radius 1 is 1.10 bits per heavy atom. The number of hydrogen-bond acceptors (Lipinski definition) is 4. The molecule has 0 aliphatic rings. The van der Waals surface area contributed by atoms with Crippen LogP contribution in [0.1, 0.15) is 56.5 Å². The summed E-state index contributed by atoms with van der Waals surface area (Å²) in [4.78, 5) is 32.5. The molecular weight excluding hydrogens is 394 g/mol. The zero-order chi connectivity index (χ0) is 21.3. The van der Waals surface area contributed by atoms with Gasteiger partial charge in [0.2, 0.25) is 0 Å². The van der Waals surface area contributed by atoms with E-state index in [1.54, 1.807) is 11.3 Å². The standard InChI is InChI=1S/C24H23N3O2S/c1-4-18-22(15(3)28)14(2)25-23(18)24(29)26-17-11-9-16(10-12-17)13-21-27-19-7-5-6-8-20(19)30-21/h5-12,25H,4,13H2,1-3H3,(H,26,29). The van der Waals surface area contributed by atoms with Gasteiger partial charge >= 0.3 is 0 Å². The van der Waals surface area contributed by atoms with Crippen LogP contribution in [-0.4, -0.2) is 21.7 Å². The van der Waals surface area contributed by atoms with E-state index in [2.05, 4.69) is 21.4 Å². The molecule has 2 heterocycles. The van der Waals surface area contributed by atoms with Crippen molar-refractivity contribution < 1.29 is 9.59 Å². The van der Waals surface area contributed by atoms with Crippen molar-refractivity contribution in [2.75, 3.05) is 5.32 Å². The monoisotopic (exact) mass is 417 g/mol. The lowest BCUT2D eigenvalue weighted by Crippen LogP contribution is -2.14. The molecule has 0 bridgehead atoms. The van der Waals surface area contributed by atoms with Crippen molar-refractivity contribution >= 4 is 38.9 Å². The van der Waals surface area contributed by atoms with Crippen LogP contribution >= 0.6 is 11.3 Å². The molecule has 0 aliphatic heterocycles. The molecule has 0 radical (unpaired) electrons. The minimum absolute atomic E-state index is 0.0288. The van der Waals surface area contributed by atoms with Crippen molar-refractivity contribution in [3.63, 3.8) is 0 Å². The maximum absolute atomic E-state index is 12.8. The van der Waals surface area contributed by atoms with Gasteiger partial charge in [-0.3, -0.25) is 9.59 Å². The number of nitrogens with one attached hydrogen (secondary N) is 2. The predicted octanol–water partition coefficient (Wildman–Crippen LogP) is 5.54. The molecule has 30 heavy (non-hydrogen) atoms. The highest BCUT2D eigenvalue weighted by Crippen LogP contribution is 2.25. The first-order chi connectivity index (χ1) is 14.5. The Hall–Kier alpha value is -3.25. The van der Waals surface area contributed by atoms with Crippen molar-refractivity contribution in [2.45, 2.75) is 33.6 Å². The lowest BCUT2D eigenvalue weighted by atomic mass is 10.0. The summed E-state index contributed by atoms with van der Waals surface area (Å²) >= 11 is 1.70.